The van der Waals surface area contributed by atoms with Crippen LogP contribution in [0.15, 0.2) is 6.20 Å². The SMILES string of the molecule is COCC(=O)NCCCc1cn[nH]c1C. The van der Waals surface area contributed by atoms with Gasteiger partial charge in [0.05, 0.1) is 6.20 Å². The van der Waals surface area contributed by atoms with Crippen LogP contribution in [-0.4, -0.2) is 36.4 Å². The van der Waals surface area contributed by atoms with Crippen molar-refractivity contribution in [2.24, 2.45) is 0 Å². The lowest BCUT2D eigenvalue weighted by molar-refractivity contribution is -0.124. The molecule has 0 spiro atoms. The van der Waals surface area contributed by atoms with E-state index >= 15 is 0 Å². The molecule has 1 heterocycles. The van der Waals surface area contributed by atoms with Crippen LogP contribution in [0.5, 0.6) is 0 Å². The molecule has 84 valence electrons. The lowest BCUT2D eigenvalue weighted by Crippen LogP contribution is -2.28. The van der Waals surface area contributed by atoms with Crippen molar-refractivity contribution in [3.8, 4) is 0 Å². The van der Waals surface area contributed by atoms with Gasteiger partial charge in [-0.2, -0.15) is 5.10 Å². The number of rotatable bonds is 6. The van der Waals surface area contributed by atoms with Gasteiger partial charge >= 0.3 is 0 Å². The Balaban J connectivity index is 2.12. The summed E-state index contributed by atoms with van der Waals surface area (Å²) in [5.41, 5.74) is 2.30. The van der Waals surface area contributed by atoms with E-state index in [9.17, 15) is 4.79 Å². The first kappa shape index (κ1) is 11.7. The summed E-state index contributed by atoms with van der Waals surface area (Å²) >= 11 is 0. The molecule has 0 aliphatic carbocycles. The van der Waals surface area contributed by atoms with Crippen LogP contribution in [0, 0.1) is 6.92 Å². The van der Waals surface area contributed by atoms with E-state index in [1.807, 2.05) is 13.1 Å². The number of carbonyl (C=O) groups excluding carboxylic acids is 1. The van der Waals surface area contributed by atoms with Crippen LogP contribution in [0.4, 0.5) is 0 Å². The Bertz CT molecular complexity index is 309. The molecule has 0 radical (unpaired) electrons. The second-order valence-electron chi connectivity index (χ2n) is 3.41. The Labute approximate surface area is 89.2 Å². The number of amides is 1. The molecule has 0 unspecified atom stereocenters. The van der Waals surface area contributed by atoms with Crippen molar-refractivity contribution in [1.29, 1.82) is 0 Å². The lowest BCUT2D eigenvalue weighted by Gasteiger charge is -2.03. The maximum atomic E-state index is 11.0. The van der Waals surface area contributed by atoms with Gasteiger partial charge in [0.25, 0.3) is 0 Å². The van der Waals surface area contributed by atoms with Gasteiger partial charge in [-0.15, -0.1) is 0 Å². The second-order valence-corrected chi connectivity index (χ2v) is 3.41. The zero-order valence-electron chi connectivity index (χ0n) is 9.17. The molecule has 1 aromatic heterocycles. The number of carbonyl (C=O) groups is 1. The summed E-state index contributed by atoms with van der Waals surface area (Å²) in [7, 11) is 1.51. The van der Waals surface area contributed by atoms with Gasteiger partial charge in [-0.1, -0.05) is 0 Å². The summed E-state index contributed by atoms with van der Waals surface area (Å²) in [5, 5.41) is 9.58. The Morgan fingerprint density at radius 1 is 1.67 bits per heavy atom. The van der Waals surface area contributed by atoms with E-state index in [-0.39, 0.29) is 12.5 Å². The van der Waals surface area contributed by atoms with Crippen molar-refractivity contribution in [2.75, 3.05) is 20.3 Å². The maximum Gasteiger partial charge on any atom is 0.245 e. The number of H-pyrrole nitrogens is 1. The molecule has 5 heteroatoms. The van der Waals surface area contributed by atoms with Crippen molar-refractivity contribution >= 4 is 5.91 Å². The van der Waals surface area contributed by atoms with Crippen LogP contribution in [-0.2, 0) is 16.0 Å². The largest absolute Gasteiger partial charge is 0.375 e. The molecular formula is C10H17N3O2. The topological polar surface area (TPSA) is 67.0 Å². The molecule has 1 amide bonds. The van der Waals surface area contributed by atoms with E-state index in [1.54, 1.807) is 0 Å². The van der Waals surface area contributed by atoms with Gasteiger partial charge in [0.15, 0.2) is 0 Å². The normalized spacial score (nSPS) is 10.3. The minimum atomic E-state index is -0.0681. The number of nitrogens with zero attached hydrogens (tertiary/aromatic N) is 1. The number of aromatic nitrogens is 2. The highest BCUT2D eigenvalue weighted by Crippen LogP contribution is 2.04. The average Bonchev–Trinajstić information content (AvgIpc) is 2.60. The average molecular weight is 211 g/mol. The van der Waals surface area contributed by atoms with Crippen molar-refractivity contribution in [3.63, 3.8) is 0 Å². The number of ether oxygens (including phenoxy) is 1. The Hall–Kier alpha value is -1.36. The lowest BCUT2D eigenvalue weighted by atomic mass is 10.1. The summed E-state index contributed by atoms with van der Waals surface area (Å²) in [6.07, 6.45) is 3.66. The summed E-state index contributed by atoms with van der Waals surface area (Å²) in [4.78, 5) is 11.0. The zero-order chi connectivity index (χ0) is 11.1. The van der Waals surface area contributed by atoms with Crippen molar-refractivity contribution < 1.29 is 9.53 Å². The highest BCUT2D eigenvalue weighted by atomic mass is 16.5. The van der Waals surface area contributed by atoms with Crippen molar-refractivity contribution in [2.45, 2.75) is 19.8 Å². The minimum absolute atomic E-state index is 0.0681. The second kappa shape index (κ2) is 6.19. The molecule has 5 nitrogen and oxygen atoms in total. The third-order valence-electron chi connectivity index (χ3n) is 2.15. The monoisotopic (exact) mass is 211 g/mol. The van der Waals surface area contributed by atoms with Gasteiger partial charge in [-0.05, 0) is 25.3 Å². The number of hydrogen-bond acceptors (Lipinski definition) is 3. The number of nitrogens with one attached hydrogen (secondary N) is 2. The molecule has 0 fully saturated rings. The first-order chi connectivity index (χ1) is 7.24. The van der Waals surface area contributed by atoms with Gasteiger partial charge in [-0.3, -0.25) is 9.89 Å². The number of aromatic amines is 1. The Morgan fingerprint density at radius 2 is 2.47 bits per heavy atom. The summed E-state index contributed by atoms with van der Waals surface area (Å²) in [5.74, 6) is -0.0681. The first-order valence-corrected chi connectivity index (χ1v) is 4.98. The predicted octanol–water partition coefficient (Wildman–Crippen LogP) is 0.413. The predicted molar refractivity (Wildman–Crippen MR) is 56.5 cm³/mol. The van der Waals surface area contributed by atoms with Crippen LogP contribution in [0.2, 0.25) is 0 Å². The molecule has 1 rings (SSSR count). The maximum absolute atomic E-state index is 11.0. The number of hydrogen-bond donors (Lipinski definition) is 2. The molecule has 0 aromatic carbocycles. The fourth-order valence-corrected chi connectivity index (χ4v) is 1.32. The highest BCUT2D eigenvalue weighted by Gasteiger charge is 2.01. The van der Waals surface area contributed by atoms with E-state index in [4.69, 9.17) is 4.74 Å². The summed E-state index contributed by atoms with van der Waals surface area (Å²) < 4.78 is 4.70. The van der Waals surface area contributed by atoms with E-state index in [0.29, 0.717) is 6.54 Å². The van der Waals surface area contributed by atoms with Crippen LogP contribution in [0.3, 0.4) is 0 Å². The Morgan fingerprint density at radius 3 is 3.07 bits per heavy atom. The number of methoxy groups -OCH3 is 1. The molecule has 0 aliphatic rings. The third-order valence-corrected chi connectivity index (χ3v) is 2.15. The fourth-order valence-electron chi connectivity index (χ4n) is 1.32. The first-order valence-electron chi connectivity index (χ1n) is 4.98. The van der Waals surface area contributed by atoms with Crippen LogP contribution in [0.25, 0.3) is 0 Å². The number of aryl methyl sites for hydroxylation is 2. The quantitative estimate of drug-likeness (QED) is 0.670. The van der Waals surface area contributed by atoms with Crippen LogP contribution < -0.4 is 5.32 Å². The third kappa shape index (κ3) is 4.12. The summed E-state index contributed by atoms with van der Waals surface area (Å²) in [6, 6.07) is 0. The Kier molecular flexibility index (Phi) is 4.83. The molecule has 0 aliphatic heterocycles. The molecule has 2 N–H and O–H groups in total. The molecular weight excluding hydrogens is 194 g/mol. The van der Waals surface area contributed by atoms with Crippen molar-refractivity contribution in [3.05, 3.63) is 17.5 Å². The molecule has 0 saturated heterocycles. The van der Waals surface area contributed by atoms with Crippen LogP contribution >= 0.6 is 0 Å². The summed E-state index contributed by atoms with van der Waals surface area (Å²) in [6.45, 7) is 2.80. The highest BCUT2D eigenvalue weighted by molar-refractivity contribution is 5.77. The van der Waals surface area contributed by atoms with Gasteiger partial charge in [0.2, 0.25) is 5.91 Å². The fraction of sp³-hybridized carbons (Fsp3) is 0.600. The molecule has 0 atom stereocenters. The standard InChI is InChI=1S/C10H17N3O2/c1-8-9(6-12-13-8)4-3-5-11-10(14)7-15-2/h6H,3-5,7H2,1-2H3,(H,11,14)(H,12,13). The van der Waals surface area contributed by atoms with E-state index in [0.717, 1.165) is 18.5 Å². The van der Waals surface area contributed by atoms with Crippen molar-refractivity contribution in [1.82, 2.24) is 15.5 Å². The van der Waals surface area contributed by atoms with Crippen LogP contribution in [0.1, 0.15) is 17.7 Å². The molecule has 0 saturated carbocycles. The van der Waals surface area contributed by atoms with E-state index in [2.05, 4.69) is 15.5 Å². The van der Waals surface area contributed by atoms with Gasteiger partial charge in [0, 0.05) is 19.3 Å². The molecule has 0 bridgehead atoms. The van der Waals surface area contributed by atoms with Gasteiger partial charge < -0.3 is 10.1 Å². The molecule has 15 heavy (non-hydrogen) atoms. The van der Waals surface area contributed by atoms with E-state index < -0.39 is 0 Å². The minimum Gasteiger partial charge on any atom is -0.375 e. The van der Waals surface area contributed by atoms with E-state index in [1.165, 1.54) is 12.7 Å². The smallest absolute Gasteiger partial charge is 0.245 e. The van der Waals surface area contributed by atoms with Gasteiger partial charge in [0.1, 0.15) is 6.61 Å². The zero-order valence-corrected chi connectivity index (χ0v) is 9.17. The molecule has 1 aromatic rings. The van der Waals surface area contributed by atoms with Gasteiger partial charge in [-0.25, -0.2) is 0 Å².